The molecule has 0 unspecified atom stereocenters. The first-order valence-corrected chi connectivity index (χ1v) is 15.3. The van der Waals surface area contributed by atoms with Crippen molar-refractivity contribution < 1.29 is 23.1 Å². The molecule has 8 heteroatoms. The van der Waals surface area contributed by atoms with Crippen LogP contribution in [0.1, 0.15) is 53.6 Å². The molecule has 43 heavy (non-hydrogen) atoms. The molecule has 7 nitrogen and oxygen atoms in total. The SMILES string of the molecule is CCOC(=O)c1c(CCCOc2cccc3ccccc23)c2ccc(F)c3c2n1CCCC[N+](C)(C)Cc1n[nH]c(C)c1-3. The largest absolute Gasteiger partial charge is 0.493 e. The van der Waals surface area contributed by atoms with E-state index >= 15 is 4.39 Å². The first-order chi connectivity index (χ1) is 20.8. The van der Waals surface area contributed by atoms with Gasteiger partial charge in [0.05, 0.1) is 39.4 Å². The van der Waals surface area contributed by atoms with Gasteiger partial charge in [-0.3, -0.25) is 5.10 Å². The second kappa shape index (κ2) is 11.8. The highest BCUT2D eigenvalue weighted by Gasteiger charge is 2.31. The van der Waals surface area contributed by atoms with Gasteiger partial charge in [0.1, 0.15) is 29.5 Å². The fraction of sp³-hybridized carbons (Fsp3) is 0.371. The van der Waals surface area contributed by atoms with Gasteiger partial charge in [-0.25, -0.2) is 9.18 Å². The average Bonchev–Trinajstić information content (AvgIpc) is 3.49. The molecule has 0 saturated heterocycles. The summed E-state index contributed by atoms with van der Waals surface area (Å²) in [6, 6.07) is 17.6. The van der Waals surface area contributed by atoms with E-state index in [1.807, 2.05) is 48.7 Å². The number of ether oxygens (including phenoxy) is 2. The number of benzene rings is 3. The van der Waals surface area contributed by atoms with E-state index in [0.29, 0.717) is 43.8 Å². The zero-order chi connectivity index (χ0) is 30.1. The van der Waals surface area contributed by atoms with Crippen molar-refractivity contribution >= 4 is 27.6 Å². The summed E-state index contributed by atoms with van der Waals surface area (Å²) in [6.07, 6.45) is 3.10. The Morgan fingerprint density at radius 1 is 1.05 bits per heavy atom. The molecule has 224 valence electrons. The average molecular weight is 584 g/mol. The van der Waals surface area contributed by atoms with Gasteiger partial charge in [0.15, 0.2) is 0 Å². The first kappa shape index (κ1) is 28.9. The number of nitrogens with one attached hydrogen (secondary N) is 1. The lowest BCUT2D eigenvalue weighted by Crippen LogP contribution is -2.39. The normalized spacial score (nSPS) is 14.8. The summed E-state index contributed by atoms with van der Waals surface area (Å²) in [5, 5.41) is 10.8. The maximum Gasteiger partial charge on any atom is 0.355 e. The Morgan fingerprint density at radius 3 is 2.70 bits per heavy atom. The van der Waals surface area contributed by atoms with Gasteiger partial charge in [0, 0.05) is 34.1 Å². The minimum absolute atomic E-state index is 0.266. The van der Waals surface area contributed by atoms with Crippen molar-refractivity contribution in [3.05, 3.63) is 83.1 Å². The third-order valence-corrected chi connectivity index (χ3v) is 8.57. The van der Waals surface area contributed by atoms with Crippen LogP contribution in [0.4, 0.5) is 4.39 Å². The molecule has 2 aromatic heterocycles. The highest BCUT2D eigenvalue weighted by atomic mass is 19.1. The maximum atomic E-state index is 16.0. The molecule has 0 aliphatic carbocycles. The van der Waals surface area contributed by atoms with Crippen LogP contribution in [0.5, 0.6) is 5.75 Å². The fourth-order valence-corrected chi connectivity index (χ4v) is 6.61. The number of aromatic nitrogens is 3. The van der Waals surface area contributed by atoms with E-state index in [9.17, 15) is 4.79 Å². The number of carbonyl (C=O) groups is 1. The van der Waals surface area contributed by atoms with Gasteiger partial charge in [-0.1, -0.05) is 36.4 Å². The van der Waals surface area contributed by atoms with Crippen LogP contribution < -0.4 is 4.74 Å². The van der Waals surface area contributed by atoms with Gasteiger partial charge in [-0.2, -0.15) is 5.10 Å². The lowest BCUT2D eigenvalue weighted by Gasteiger charge is -2.29. The van der Waals surface area contributed by atoms with Gasteiger partial charge in [0.2, 0.25) is 0 Å². The predicted octanol–water partition coefficient (Wildman–Crippen LogP) is 7.19. The molecule has 5 aromatic rings. The minimum Gasteiger partial charge on any atom is -0.493 e. The Morgan fingerprint density at radius 2 is 1.86 bits per heavy atom. The smallest absolute Gasteiger partial charge is 0.355 e. The van der Waals surface area contributed by atoms with E-state index in [-0.39, 0.29) is 18.4 Å². The van der Waals surface area contributed by atoms with E-state index in [1.165, 1.54) is 6.07 Å². The number of esters is 1. The third kappa shape index (κ3) is 5.52. The number of aryl methyl sites for hydroxylation is 3. The molecule has 1 aliphatic rings. The number of nitrogens with zero attached hydrogens (tertiary/aromatic N) is 3. The van der Waals surface area contributed by atoms with Gasteiger partial charge in [-0.05, 0) is 68.7 Å². The molecule has 1 aliphatic heterocycles. The van der Waals surface area contributed by atoms with Gasteiger partial charge in [0.25, 0.3) is 0 Å². The molecule has 6 rings (SSSR count). The Hall–Kier alpha value is -4.17. The molecular weight excluding hydrogens is 543 g/mol. The number of hydrogen-bond donors (Lipinski definition) is 1. The Balaban J connectivity index is 1.44. The number of fused-ring (bicyclic) bond motifs is 3. The van der Waals surface area contributed by atoms with Gasteiger partial charge in [-0.15, -0.1) is 0 Å². The molecular formula is C35H40FN4O3+. The minimum atomic E-state index is -0.370. The number of hydrogen-bond acceptors (Lipinski definition) is 4. The van der Waals surface area contributed by atoms with Crippen molar-refractivity contribution in [2.45, 2.75) is 52.6 Å². The quantitative estimate of drug-likeness (QED) is 0.125. The molecule has 3 aromatic carbocycles. The molecule has 1 N–H and O–H groups in total. The lowest BCUT2D eigenvalue weighted by atomic mass is 9.97. The van der Waals surface area contributed by atoms with Gasteiger partial charge >= 0.3 is 5.97 Å². The van der Waals surface area contributed by atoms with Crippen molar-refractivity contribution in [1.29, 1.82) is 0 Å². The van der Waals surface area contributed by atoms with Gasteiger partial charge < -0.3 is 18.5 Å². The molecule has 3 heterocycles. The van der Waals surface area contributed by atoms with Crippen LogP contribution in [0.15, 0.2) is 54.6 Å². The molecule has 0 fully saturated rings. The second-order valence-corrected chi connectivity index (χ2v) is 12.1. The first-order valence-electron chi connectivity index (χ1n) is 15.3. The summed E-state index contributed by atoms with van der Waals surface area (Å²) < 4.78 is 30.7. The van der Waals surface area contributed by atoms with Crippen molar-refractivity contribution in [3.63, 3.8) is 0 Å². The number of rotatable bonds is 7. The van der Waals surface area contributed by atoms with Crippen LogP contribution in [0, 0.1) is 12.7 Å². The Bertz CT molecular complexity index is 1800. The number of H-pyrrole nitrogens is 1. The predicted molar refractivity (Wildman–Crippen MR) is 168 cm³/mol. The molecule has 0 radical (unpaired) electrons. The molecule has 0 bridgehead atoms. The summed E-state index contributed by atoms with van der Waals surface area (Å²) in [7, 11) is 4.37. The molecule has 0 spiro atoms. The summed E-state index contributed by atoms with van der Waals surface area (Å²) in [6.45, 7) is 6.73. The van der Waals surface area contributed by atoms with Crippen molar-refractivity contribution in [2.75, 3.05) is 33.9 Å². The standard InChI is InChI=1S/C35H40FN4O3/c1-5-42-35(41)34-26(15-11-21-43-30-16-10-13-24-12-6-7-14-25(24)30)27-17-18-28(36)32-31-23(2)37-38-29(31)22-40(3,4)20-9-8-19-39(34)33(27)32/h6-7,10,12-14,16-18H,5,8-9,11,15,19-22H2,1-4H3,(H,37,38)/q+1. The van der Waals surface area contributed by atoms with E-state index in [0.717, 1.165) is 73.8 Å². The van der Waals surface area contributed by atoms with Crippen LogP contribution in [-0.4, -0.2) is 59.1 Å². The highest BCUT2D eigenvalue weighted by Crippen LogP contribution is 2.40. The zero-order valence-corrected chi connectivity index (χ0v) is 25.5. The molecule has 0 amide bonds. The molecule has 0 atom stereocenters. The van der Waals surface area contributed by atoms with E-state index < -0.39 is 0 Å². The topological polar surface area (TPSA) is 69.1 Å². The summed E-state index contributed by atoms with van der Waals surface area (Å²) >= 11 is 0. The van der Waals surface area contributed by atoms with Crippen molar-refractivity contribution in [1.82, 2.24) is 14.8 Å². The monoisotopic (exact) mass is 583 g/mol. The number of halogens is 1. The Kier molecular flexibility index (Phi) is 7.97. The number of aromatic amines is 1. The second-order valence-electron chi connectivity index (χ2n) is 12.1. The third-order valence-electron chi connectivity index (χ3n) is 8.57. The summed E-state index contributed by atoms with van der Waals surface area (Å²) in [4.78, 5) is 13.6. The van der Waals surface area contributed by atoms with Crippen molar-refractivity contribution in [3.8, 4) is 16.9 Å². The summed E-state index contributed by atoms with van der Waals surface area (Å²) in [5.74, 6) is 0.155. The highest BCUT2D eigenvalue weighted by molar-refractivity contribution is 6.05. The van der Waals surface area contributed by atoms with Crippen LogP contribution in [0.2, 0.25) is 0 Å². The summed E-state index contributed by atoms with van der Waals surface area (Å²) in [5.41, 5.74) is 5.09. The van der Waals surface area contributed by atoms with E-state index in [1.54, 1.807) is 0 Å². The maximum absolute atomic E-state index is 16.0. The van der Waals surface area contributed by atoms with Crippen LogP contribution in [-0.2, 0) is 24.2 Å². The lowest BCUT2D eigenvalue weighted by molar-refractivity contribution is -0.904. The molecule has 0 saturated carbocycles. The van der Waals surface area contributed by atoms with E-state index in [4.69, 9.17) is 9.47 Å². The number of carbonyl (C=O) groups excluding carboxylic acids is 1. The van der Waals surface area contributed by atoms with Crippen LogP contribution in [0.25, 0.3) is 32.8 Å². The fourth-order valence-electron chi connectivity index (χ4n) is 6.61. The Labute approximate surface area is 251 Å². The van der Waals surface area contributed by atoms with Crippen LogP contribution in [0.3, 0.4) is 0 Å². The van der Waals surface area contributed by atoms with E-state index in [2.05, 4.69) is 42.5 Å². The van der Waals surface area contributed by atoms with Crippen LogP contribution >= 0.6 is 0 Å². The van der Waals surface area contributed by atoms with Crippen molar-refractivity contribution in [2.24, 2.45) is 0 Å². The zero-order valence-electron chi connectivity index (χ0n) is 25.5. The number of quaternary nitrogens is 1.